The van der Waals surface area contributed by atoms with E-state index in [1.165, 1.54) is 0 Å². The number of piperidine rings is 1. The standard InChI is InChI=1S/C19H26N4O2/c1-19(2,3)25-18(24)23-10-4-5-15(12-23)22-14-6-7-16-13(11-14)8-9-21-17(16)20/h6-9,11,15,22H,4-5,10,12H2,1-3H3,(H2,20,21). The fourth-order valence-electron chi connectivity index (χ4n) is 3.11. The molecule has 1 saturated heterocycles. The lowest BCUT2D eigenvalue weighted by Gasteiger charge is -2.34. The number of ether oxygens (including phenoxy) is 1. The number of amides is 1. The van der Waals surface area contributed by atoms with Crippen LogP contribution in [-0.2, 0) is 4.74 Å². The molecule has 0 spiro atoms. The number of nitrogens with zero attached hydrogens (tertiary/aromatic N) is 2. The molecule has 6 nitrogen and oxygen atoms in total. The van der Waals surface area contributed by atoms with Crippen LogP contribution in [0.1, 0.15) is 33.6 Å². The van der Waals surface area contributed by atoms with Gasteiger partial charge in [-0.3, -0.25) is 0 Å². The quantitative estimate of drug-likeness (QED) is 0.871. The second-order valence-corrected chi connectivity index (χ2v) is 7.54. The average Bonchev–Trinajstić information content (AvgIpc) is 2.54. The third kappa shape index (κ3) is 4.32. The smallest absolute Gasteiger partial charge is 0.410 e. The number of rotatable bonds is 2. The lowest BCUT2D eigenvalue weighted by atomic mass is 10.0. The summed E-state index contributed by atoms with van der Waals surface area (Å²) in [7, 11) is 0. The third-order valence-corrected chi connectivity index (χ3v) is 4.24. The number of nitrogens with one attached hydrogen (secondary N) is 1. The fourth-order valence-corrected chi connectivity index (χ4v) is 3.11. The number of carbonyl (C=O) groups excluding carboxylic acids is 1. The van der Waals surface area contributed by atoms with Gasteiger partial charge in [0.1, 0.15) is 11.4 Å². The lowest BCUT2D eigenvalue weighted by Crippen LogP contribution is -2.46. The molecule has 6 heteroatoms. The molecule has 1 atom stereocenters. The Morgan fingerprint density at radius 1 is 1.36 bits per heavy atom. The first-order valence-corrected chi connectivity index (χ1v) is 8.70. The van der Waals surface area contributed by atoms with Gasteiger partial charge in [-0.05, 0) is 63.3 Å². The van der Waals surface area contributed by atoms with Crippen LogP contribution in [0.4, 0.5) is 16.3 Å². The molecule has 3 N–H and O–H groups in total. The second-order valence-electron chi connectivity index (χ2n) is 7.54. The number of benzene rings is 1. The van der Waals surface area contributed by atoms with Gasteiger partial charge in [0.2, 0.25) is 0 Å². The Labute approximate surface area is 148 Å². The van der Waals surface area contributed by atoms with E-state index in [0.29, 0.717) is 12.4 Å². The van der Waals surface area contributed by atoms with Crippen LogP contribution >= 0.6 is 0 Å². The monoisotopic (exact) mass is 342 g/mol. The minimum Gasteiger partial charge on any atom is -0.444 e. The van der Waals surface area contributed by atoms with E-state index < -0.39 is 5.60 Å². The molecule has 2 heterocycles. The van der Waals surface area contributed by atoms with Crippen LogP contribution in [0.3, 0.4) is 0 Å². The van der Waals surface area contributed by atoms with Gasteiger partial charge >= 0.3 is 6.09 Å². The summed E-state index contributed by atoms with van der Waals surface area (Å²) in [5.74, 6) is 0.540. The maximum absolute atomic E-state index is 12.3. The van der Waals surface area contributed by atoms with E-state index in [9.17, 15) is 4.79 Å². The number of nitrogen functional groups attached to an aromatic ring is 1. The van der Waals surface area contributed by atoms with E-state index in [0.717, 1.165) is 35.8 Å². The minimum absolute atomic E-state index is 0.206. The summed E-state index contributed by atoms with van der Waals surface area (Å²) in [6.07, 6.45) is 3.46. The Hall–Kier alpha value is -2.50. The van der Waals surface area contributed by atoms with Crippen molar-refractivity contribution in [1.29, 1.82) is 0 Å². The van der Waals surface area contributed by atoms with Crippen molar-refractivity contribution in [1.82, 2.24) is 9.88 Å². The first-order chi connectivity index (χ1) is 11.8. The molecule has 1 amide bonds. The van der Waals surface area contributed by atoms with Gasteiger partial charge in [-0.25, -0.2) is 9.78 Å². The van der Waals surface area contributed by atoms with E-state index in [1.54, 1.807) is 11.1 Å². The van der Waals surface area contributed by atoms with E-state index in [1.807, 2.05) is 39.0 Å². The maximum atomic E-state index is 12.3. The van der Waals surface area contributed by atoms with E-state index in [-0.39, 0.29) is 12.1 Å². The molecule has 134 valence electrons. The topological polar surface area (TPSA) is 80.5 Å². The van der Waals surface area contributed by atoms with E-state index >= 15 is 0 Å². The van der Waals surface area contributed by atoms with Gasteiger partial charge in [0, 0.05) is 36.4 Å². The number of fused-ring (bicyclic) bond motifs is 1. The summed E-state index contributed by atoms with van der Waals surface area (Å²) in [6, 6.07) is 8.21. The number of hydrogen-bond donors (Lipinski definition) is 2. The predicted octanol–water partition coefficient (Wildman–Crippen LogP) is 3.63. The first kappa shape index (κ1) is 17.3. The van der Waals surface area contributed by atoms with Gasteiger partial charge in [0.05, 0.1) is 0 Å². The first-order valence-electron chi connectivity index (χ1n) is 8.70. The lowest BCUT2D eigenvalue weighted by molar-refractivity contribution is 0.0206. The second kappa shape index (κ2) is 6.78. The molecule has 25 heavy (non-hydrogen) atoms. The normalized spacial score (nSPS) is 18.2. The number of carbonyl (C=O) groups is 1. The van der Waals surface area contributed by atoms with Crippen LogP contribution in [0.5, 0.6) is 0 Å². The number of pyridine rings is 1. The zero-order valence-corrected chi connectivity index (χ0v) is 15.1. The highest BCUT2D eigenvalue weighted by Crippen LogP contribution is 2.24. The maximum Gasteiger partial charge on any atom is 0.410 e. The molecule has 0 radical (unpaired) electrons. The molecule has 0 saturated carbocycles. The van der Waals surface area contributed by atoms with Crippen molar-refractivity contribution in [2.45, 2.75) is 45.3 Å². The predicted molar refractivity (Wildman–Crippen MR) is 101 cm³/mol. The SMILES string of the molecule is CC(C)(C)OC(=O)N1CCCC(Nc2ccc3c(N)nccc3c2)C1. The van der Waals surface area contributed by atoms with Crippen molar-refractivity contribution < 1.29 is 9.53 Å². The van der Waals surface area contributed by atoms with E-state index in [4.69, 9.17) is 10.5 Å². The molecule has 2 aromatic rings. The number of aromatic nitrogens is 1. The number of hydrogen-bond acceptors (Lipinski definition) is 5. The summed E-state index contributed by atoms with van der Waals surface area (Å²) in [5, 5.41) is 5.53. The molecule has 1 aliphatic heterocycles. The molecule has 0 bridgehead atoms. The molecule has 1 fully saturated rings. The molecule has 3 rings (SSSR count). The van der Waals surface area contributed by atoms with Crippen LogP contribution in [0.25, 0.3) is 10.8 Å². The zero-order chi connectivity index (χ0) is 18.0. The van der Waals surface area contributed by atoms with Crippen molar-refractivity contribution >= 4 is 28.4 Å². The van der Waals surface area contributed by atoms with Crippen molar-refractivity contribution in [2.75, 3.05) is 24.1 Å². The Balaban J connectivity index is 1.67. The molecular weight excluding hydrogens is 316 g/mol. The average molecular weight is 342 g/mol. The highest BCUT2D eigenvalue weighted by molar-refractivity contribution is 5.92. The molecule has 1 aromatic heterocycles. The fraction of sp³-hybridized carbons (Fsp3) is 0.474. The highest BCUT2D eigenvalue weighted by atomic mass is 16.6. The molecule has 1 unspecified atom stereocenters. The summed E-state index contributed by atoms with van der Waals surface area (Å²) in [5.41, 5.74) is 6.46. The number of likely N-dealkylation sites (tertiary alicyclic amines) is 1. The van der Waals surface area contributed by atoms with Crippen LogP contribution in [0, 0.1) is 0 Å². The zero-order valence-electron chi connectivity index (χ0n) is 15.1. The van der Waals surface area contributed by atoms with Gasteiger partial charge in [0.25, 0.3) is 0 Å². The molecule has 0 aliphatic carbocycles. The van der Waals surface area contributed by atoms with Crippen LogP contribution in [0.2, 0.25) is 0 Å². The Morgan fingerprint density at radius 2 is 2.16 bits per heavy atom. The largest absolute Gasteiger partial charge is 0.444 e. The van der Waals surface area contributed by atoms with Gasteiger partial charge in [-0.15, -0.1) is 0 Å². The third-order valence-electron chi connectivity index (χ3n) is 4.24. The van der Waals surface area contributed by atoms with Gasteiger partial charge in [0.15, 0.2) is 0 Å². The Bertz CT molecular complexity index is 770. The highest BCUT2D eigenvalue weighted by Gasteiger charge is 2.27. The van der Waals surface area contributed by atoms with Crippen molar-refractivity contribution in [3.8, 4) is 0 Å². The summed E-state index contributed by atoms with van der Waals surface area (Å²) in [4.78, 5) is 18.2. The van der Waals surface area contributed by atoms with Crippen molar-refractivity contribution in [2.24, 2.45) is 0 Å². The number of nitrogens with two attached hydrogens (primary N) is 1. The summed E-state index contributed by atoms with van der Waals surface area (Å²) >= 11 is 0. The minimum atomic E-state index is -0.468. The Kier molecular flexibility index (Phi) is 4.70. The Morgan fingerprint density at radius 3 is 2.92 bits per heavy atom. The van der Waals surface area contributed by atoms with E-state index in [2.05, 4.69) is 16.4 Å². The van der Waals surface area contributed by atoms with Gasteiger partial charge in [-0.2, -0.15) is 0 Å². The number of anilines is 2. The summed E-state index contributed by atoms with van der Waals surface area (Å²) < 4.78 is 5.48. The summed E-state index contributed by atoms with van der Waals surface area (Å²) in [6.45, 7) is 7.05. The van der Waals surface area contributed by atoms with Crippen molar-refractivity contribution in [3.63, 3.8) is 0 Å². The van der Waals surface area contributed by atoms with Crippen LogP contribution in [0.15, 0.2) is 30.5 Å². The van der Waals surface area contributed by atoms with Crippen LogP contribution in [-0.4, -0.2) is 40.7 Å². The van der Waals surface area contributed by atoms with Crippen molar-refractivity contribution in [3.05, 3.63) is 30.5 Å². The van der Waals surface area contributed by atoms with Gasteiger partial charge < -0.3 is 20.7 Å². The van der Waals surface area contributed by atoms with Gasteiger partial charge in [-0.1, -0.05) is 0 Å². The molecular formula is C19H26N4O2. The molecule has 1 aromatic carbocycles. The van der Waals surface area contributed by atoms with Crippen LogP contribution < -0.4 is 11.1 Å². The molecule has 1 aliphatic rings.